The van der Waals surface area contributed by atoms with Crippen molar-refractivity contribution < 1.29 is 9.18 Å². The normalized spacial score (nSPS) is 25.0. The maximum Gasteiger partial charge on any atom is 0.225 e. The molecule has 1 saturated heterocycles. The van der Waals surface area contributed by atoms with Crippen molar-refractivity contribution in [3.05, 3.63) is 35.1 Å². The first-order valence-electron chi connectivity index (χ1n) is 8.26. The lowest BCUT2D eigenvalue weighted by Crippen LogP contribution is -2.37. The number of carbonyl (C=O) groups excluding carboxylic acids is 1. The third kappa shape index (κ3) is 3.17. The summed E-state index contributed by atoms with van der Waals surface area (Å²) >= 11 is 0. The van der Waals surface area contributed by atoms with E-state index in [9.17, 15) is 9.18 Å². The number of carbonyl (C=O) groups is 1. The second-order valence-electron chi connectivity index (χ2n) is 6.94. The Balaban J connectivity index is 1.60. The first-order chi connectivity index (χ1) is 10.5. The van der Waals surface area contributed by atoms with Gasteiger partial charge in [-0.3, -0.25) is 9.69 Å². The molecule has 0 unspecified atom stereocenters. The van der Waals surface area contributed by atoms with Crippen molar-refractivity contribution >= 4 is 5.91 Å². The van der Waals surface area contributed by atoms with Crippen LogP contribution in [0.5, 0.6) is 0 Å². The van der Waals surface area contributed by atoms with Crippen LogP contribution in [0.4, 0.5) is 4.39 Å². The fraction of sp³-hybridized carbons (Fsp3) is 0.611. The quantitative estimate of drug-likeness (QED) is 0.854. The standard InChI is InChI=1S/C18H25FN2O/c1-20(2)18(22)15-10-14(11-15)16-6-5-13(9-17(16)19)12-21-7-3-4-8-21/h5-6,9,14-15H,3-4,7-8,10-12H2,1-2H3. The van der Waals surface area contributed by atoms with E-state index in [4.69, 9.17) is 0 Å². The largest absolute Gasteiger partial charge is 0.349 e. The van der Waals surface area contributed by atoms with E-state index < -0.39 is 0 Å². The van der Waals surface area contributed by atoms with Crippen LogP contribution in [0.1, 0.15) is 42.7 Å². The van der Waals surface area contributed by atoms with Crippen molar-refractivity contribution in [2.75, 3.05) is 27.2 Å². The van der Waals surface area contributed by atoms with Crippen LogP contribution in [0.2, 0.25) is 0 Å². The number of benzene rings is 1. The highest BCUT2D eigenvalue weighted by atomic mass is 19.1. The Bertz CT molecular complexity index is 546. The van der Waals surface area contributed by atoms with Gasteiger partial charge in [0.2, 0.25) is 5.91 Å². The van der Waals surface area contributed by atoms with E-state index in [2.05, 4.69) is 11.0 Å². The minimum Gasteiger partial charge on any atom is -0.349 e. The molecule has 1 heterocycles. The van der Waals surface area contributed by atoms with E-state index in [-0.39, 0.29) is 23.6 Å². The maximum absolute atomic E-state index is 14.4. The Labute approximate surface area is 132 Å². The molecule has 1 saturated carbocycles. The monoisotopic (exact) mass is 304 g/mol. The van der Waals surface area contributed by atoms with Crippen LogP contribution in [0, 0.1) is 11.7 Å². The van der Waals surface area contributed by atoms with Crippen molar-refractivity contribution in [3.8, 4) is 0 Å². The molecule has 0 aromatic heterocycles. The number of halogens is 1. The summed E-state index contributed by atoms with van der Waals surface area (Å²) in [6, 6.07) is 5.67. The van der Waals surface area contributed by atoms with Gasteiger partial charge in [0.15, 0.2) is 0 Å². The van der Waals surface area contributed by atoms with Gasteiger partial charge in [-0.1, -0.05) is 12.1 Å². The van der Waals surface area contributed by atoms with Crippen LogP contribution in [0.25, 0.3) is 0 Å². The van der Waals surface area contributed by atoms with Crippen LogP contribution in [-0.4, -0.2) is 42.9 Å². The Morgan fingerprint density at radius 1 is 1.27 bits per heavy atom. The fourth-order valence-electron chi connectivity index (χ4n) is 3.64. The van der Waals surface area contributed by atoms with Gasteiger partial charge < -0.3 is 4.90 Å². The minimum absolute atomic E-state index is 0.0728. The molecule has 2 fully saturated rings. The molecular formula is C18H25FN2O. The van der Waals surface area contributed by atoms with Gasteiger partial charge >= 0.3 is 0 Å². The van der Waals surface area contributed by atoms with Gasteiger partial charge in [-0.15, -0.1) is 0 Å². The second kappa shape index (κ2) is 6.37. The Morgan fingerprint density at radius 3 is 2.55 bits per heavy atom. The molecule has 1 aliphatic heterocycles. The van der Waals surface area contributed by atoms with E-state index >= 15 is 0 Å². The van der Waals surface area contributed by atoms with Gasteiger partial charge in [0, 0.05) is 26.6 Å². The third-order valence-electron chi connectivity index (χ3n) is 5.04. The number of hydrogen-bond donors (Lipinski definition) is 0. The summed E-state index contributed by atoms with van der Waals surface area (Å²) < 4.78 is 14.4. The number of amides is 1. The number of rotatable bonds is 4. The lowest BCUT2D eigenvalue weighted by molar-refractivity contribution is -0.136. The molecule has 120 valence electrons. The van der Waals surface area contributed by atoms with Gasteiger partial charge in [0.1, 0.15) is 5.82 Å². The van der Waals surface area contributed by atoms with Crippen LogP contribution in [0.15, 0.2) is 18.2 Å². The highest BCUT2D eigenvalue weighted by Crippen LogP contribution is 2.43. The highest BCUT2D eigenvalue weighted by Gasteiger charge is 2.37. The predicted molar refractivity (Wildman–Crippen MR) is 85.1 cm³/mol. The average Bonchev–Trinajstić information content (AvgIpc) is 2.92. The molecule has 0 bridgehead atoms. The van der Waals surface area contributed by atoms with Crippen molar-refractivity contribution in [2.45, 2.75) is 38.1 Å². The van der Waals surface area contributed by atoms with Crippen molar-refractivity contribution in [1.82, 2.24) is 9.80 Å². The smallest absolute Gasteiger partial charge is 0.225 e. The summed E-state index contributed by atoms with van der Waals surface area (Å²) in [4.78, 5) is 15.9. The lowest BCUT2D eigenvalue weighted by atomic mass is 9.70. The van der Waals surface area contributed by atoms with Crippen molar-refractivity contribution in [2.24, 2.45) is 5.92 Å². The van der Waals surface area contributed by atoms with Crippen molar-refractivity contribution in [1.29, 1.82) is 0 Å². The molecule has 1 aliphatic carbocycles. The number of nitrogens with zero attached hydrogens (tertiary/aromatic N) is 2. The molecule has 2 aliphatic rings. The zero-order valence-corrected chi connectivity index (χ0v) is 13.5. The van der Waals surface area contributed by atoms with Gasteiger partial charge in [-0.05, 0) is 61.9 Å². The topological polar surface area (TPSA) is 23.6 Å². The molecule has 0 spiro atoms. The molecule has 3 rings (SSSR count). The predicted octanol–water partition coefficient (Wildman–Crippen LogP) is 3.00. The molecule has 0 N–H and O–H groups in total. The minimum atomic E-state index is -0.0996. The van der Waals surface area contributed by atoms with Crippen LogP contribution in [0.3, 0.4) is 0 Å². The maximum atomic E-state index is 14.4. The first kappa shape index (κ1) is 15.5. The second-order valence-corrected chi connectivity index (χ2v) is 6.94. The highest BCUT2D eigenvalue weighted by molar-refractivity contribution is 5.79. The van der Waals surface area contributed by atoms with E-state index in [0.717, 1.165) is 43.6 Å². The SMILES string of the molecule is CN(C)C(=O)C1CC(c2ccc(CN3CCCC3)cc2F)C1. The van der Waals surface area contributed by atoms with E-state index in [1.165, 1.54) is 12.8 Å². The Morgan fingerprint density at radius 2 is 1.95 bits per heavy atom. The molecule has 0 atom stereocenters. The van der Waals surface area contributed by atoms with E-state index in [0.29, 0.717) is 0 Å². The molecule has 4 heteroatoms. The number of likely N-dealkylation sites (tertiary alicyclic amines) is 1. The molecule has 22 heavy (non-hydrogen) atoms. The summed E-state index contributed by atoms with van der Waals surface area (Å²) in [6.45, 7) is 3.10. The third-order valence-corrected chi connectivity index (χ3v) is 5.04. The lowest BCUT2D eigenvalue weighted by Gasteiger charge is -2.36. The van der Waals surface area contributed by atoms with Gasteiger partial charge in [-0.25, -0.2) is 4.39 Å². The summed E-state index contributed by atoms with van der Waals surface area (Å²) in [5, 5.41) is 0. The first-order valence-corrected chi connectivity index (χ1v) is 8.26. The zero-order valence-electron chi connectivity index (χ0n) is 13.5. The fourth-order valence-corrected chi connectivity index (χ4v) is 3.64. The van der Waals surface area contributed by atoms with Gasteiger partial charge in [0.25, 0.3) is 0 Å². The molecule has 1 aromatic rings. The van der Waals surface area contributed by atoms with Crippen LogP contribution in [-0.2, 0) is 11.3 Å². The van der Waals surface area contributed by atoms with E-state index in [1.807, 2.05) is 6.07 Å². The molecule has 1 amide bonds. The van der Waals surface area contributed by atoms with Crippen molar-refractivity contribution in [3.63, 3.8) is 0 Å². The summed E-state index contributed by atoms with van der Waals surface area (Å²) in [7, 11) is 3.56. The van der Waals surface area contributed by atoms with E-state index in [1.54, 1.807) is 25.1 Å². The van der Waals surface area contributed by atoms with Gasteiger partial charge in [0.05, 0.1) is 0 Å². The van der Waals surface area contributed by atoms with Crippen LogP contribution < -0.4 is 0 Å². The summed E-state index contributed by atoms with van der Waals surface area (Å²) in [6.07, 6.45) is 4.06. The summed E-state index contributed by atoms with van der Waals surface area (Å²) in [5.41, 5.74) is 1.84. The van der Waals surface area contributed by atoms with Gasteiger partial charge in [-0.2, -0.15) is 0 Å². The Kier molecular flexibility index (Phi) is 4.48. The summed E-state index contributed by atoms with van der Waals surface area (Å²) in [5.74, 6) is 0.346. The Hall–Kier alpha value is -1.42. The molecular weight excluding hydrogens is 279 g/mol. The molecule has 3 nitrogen and oxygen atoms in total. The van der Waals surface area contributed by atoms with Crippen LogP contribution >= 0.6 is 0 Å². The molecule has 1 aromatic carbocycles. The average molecular weight is 304 g/mol. The zero-order chi connectivity index (χ0) is 15.7. The molecule has 0 radical (unpaired) electrons. The number of hydrogen-bond acceptors (Lipinski definition) is 2.